The second kappa shape index (κ2) is 7.19. The topological polar surface area (TPSA) is 62.2 Å². The van der Waals surface area contributed by atoms with Gasteiger partial charge in [-0.05, 0) is 37.3 Å². The Morgan fingerprint density at radius 2 is 1.75 bits per heavy atom. The van der Waals surface area contributed by atoms with Crippen molar-refractivity contribution in [1.82, 2.24) is 20.1 Å². The van der Waals surface area contributed by atoms with E-state index in [2.05, 4.69) is 38.3 Å². The van der Waals surface area contributed by atoms with Gasteiger partial charge in [-0.3, -0.25) is 4.79 Å². The first-order valence-corrected chi connectivity index (χ1v) is 10.0. The molecule has 1 saturated heterocycles. The Balaban J connectivity index is 1.31. The van der Waals surface area contributed by atoms with Crippen molar-refractivity contribution in [2.45, 2.75) is 25.7 Å². The molecular weight excluding hydrogens is 350 g/mol. The predicted octanol–water partition coefficient (Wildman–Crippen LogP) is 2.87. The first-order chi connectivity index (χ1) is 13.8. The first kappa shape index (κ1) is 17.1. The highest BCUT2D eigenvalue weighted by Crippen LogP contribution is 2.25. The molecule has 0 atom stereocenters. The van der Waals surface area contributed by atoms with Gasteiger partial charge in [-0.2, -0.15) is 5.10 Å². The molecule has 0 saturated carbocycles. The summed E-state index contributed by atoms with van der Waals surface area (Å²) in [5.74, 6) is 0.939. The highest BCUT2D eigenvalue weighted by molar-refractivity contribution is 5.93. The number of benzene rings is 1. The van der Waals surface area contributed by atoms with E-state index in [0.717, 1.165) is 48.2 Å². The van der Waals surface area contributed by atoms with Gasteiger partial charge in [0.15, 0.2) is 5.82 Å². The molecule has 3 heterocycles. The standard InChI is InChI=1S/C22H23N5O/c28-22(20-10-9-16-5-2-4-8-19(16)24-20)27-13-11-26(12-14-27)21-18-7-3-1-6-17(18)15-23-25-21/h1,3,6-7,9-10,15H,2,4-5,8,11-14H2. The number of fused-ring (bicyclic) bond motifs is 2. The molecule has 1 aliphatic heterocycles. The third-order valence-corrected chi connectivity index (χ3v) is 5.81. The monoisotopic (exact) mass is 373 g/mol. The van der Waals surface area contributed by atoms with E-state index in [0.29, 0.717) is 18.8 Å². The summed E-state index contributed by atoms with van der Waals surface area (Å²) >= 11 is 0. The van der Waals surface area contributed by atoms with Crippen LogP contribution in [0.2, 0.25) is 0 Å². The van der Waals surface area contributed by atoms with Gasteiger partial charge in [0.05, 0.1) is 6.20 Å². The van der Waals surface area contributed by atoms with Crippen molar-refractivity contribution < 1.29 is 4.79 Å². The lowest BCUT2D eigenvalue weighted by Gasteiger charge is -2.35. The summed E-state index contributed by atoms with van der Waals surface area (Å²) in [5.41, 5.74) is 3.00. The molecular formula is C22H23N5O. The highest BCUT2D eigenvalue weighted by Gasteiger charge is 2.25. The van der Waals surface area contributed by atoms with Crippen LogP contribution in [0.25, 0.3) is 10.8 Å². The minimum Gasteiger partial charge on any atom is -0.351 e. The molecule has 0 N–H and O–H groups in total. The van der Waals surface area contributed by atoms with E-state index in [1.807, 2.05) is 23.1 Å². The number of pyridine rings is 1. The van der Waals surface area contributed by atoms with Crippen molar-refractivity contribution in [3.8, 4) is 0 Å². The Labute approximate surface area is 164 Å². The molecule has 1 aliphatic carbocycles. The summed E-state index contributed by atoms with van der Waals surface area (Å²) in [6.07, 6.45) is 6.26. The number of rotatable bonds is 2. The fraction of sp³-hybridized carbons (Fsp3) is 0.364. The average molecular weight is 373 g/mol. The van der Waals surface area contributed by atoms with Crippen LogP contribution in [-0.2, 0) is 12.8 Å². The number of piperazine rings is 1. The molecule has 5 rings (SSSR count). The Kier molecular flexibility index (Phi) is 4.39. The van der Waals surface area contributed by atoms with Crippen LogP contribution in [0.3, 0.4) is 0 Å². The van der Waals surface area contributed by atoms with Crippen LogP contribution in [0.15, 0.2) is 42.6 Å². The van der Waals surface area contributed by atoms with Crippen LogP contribution in [0.5, 0.6) is 0 Å². The average Bonchev–Trinajstić information content (AvgIpc) is 2.78. The Hall–Kier alpha value is -3.02. The number of hydrogen-bond donors (Lipinski definition) is 0. The smallest absolute Gasteiger partial charge is 0.272 e. The minimum atomic E-state index is 0.0389. The maximum absolute atomic E-state index is 13.0. The highest BCUT2D eigenvalue weighted by atomic mass is 16.2. The molecule has 1 fully saturated rings. The van der Waals surface area contributed by atoms with E-state index in [1.54, 1.807) is 6.20 Å². The number of nitrogens with zero attached hydrogens (tertiary/aromatic N) is 5. The van der Waals surface area contributed by atoms with Gasteiger partial charge in [-0.15, -0.1) is 5.10 Å². The zero-order valence-electron chi connectivity index (χ0n) is 15.8. The summed E-state index contributed by atoms with van der Waals surface area (Å²) in [5, 5.41) is 10.7. The zero-order valence-corrected chi connectivity index (χ0v) is 15.8. The van der Waals surface area contributed by atoms with Crippen molar-refractivity contribution in [3.05, 3.63) is 59.5 Å². The fourth-order valence-electron chi connectivity index (χ4n) is 4.23. The van der Waals surface area contributed by atoms with Crippen LogP contribution in [0.4, 0.5) is 5.82 Å². The SMILES string of the molecule is O=C(c1ccc2c(n1)CCCC2)N1CCN(c2nncc3ccccc23)CC1. The first-order valence-electron chi connectivity index (χ1n) is 10.0. The number of amides is 1. The molecule has 1 amide bonds. The fourth-order valence-corrected chi connectivity index (χ4v) is 4.23. The van der Waals surface area contributed by atoms with E-state index in [9.17, 15) is 4.79 Å². The third kappa shape index (κ3) is 3.09. The lowest BCUT2D eigenvalue weighted by Crippen LogP contribution is -2.49. The second-order valence-corrected chi connectivity index (χ2v) is 7.54. The lowest BCUT2D eigenvalue weighted by atomic mass is 9.96. The number of carbonyl (C=O) groups is 1. The summed E-state index contributed by atoms with van der Waals surface area (Å²) < 4.78 is 0. The minimum absolute atomic E-state index is 0.0389. The van der Waals surface area contributed by atoms with Crippen molar-refractivity contribution in [2.24, 2.45) is 0 Å². The van der Waals surface area contributed by atoms with Gasteiger partial charge < -0.3 is 9.80 Å². The molecule has 6 nitrogen and oxygen atoms in total. The van der Waals surface area contributed by atoms with Gasteiger partial charge in [0.25, 0.3) is 5.91 Å². The van der Waals surface area contributed by atoms with E-state index in [4.69, 9.17) is 0 Å². The maximum Gasteiger partial charge on any atom is 0.272 e. The van der Waals surface area contributed by atoms with Crippen LogP contribution >= 0.6 is 0 Å². The van der Waals surface area contributed by atoms with E-state index in [1.165, 1.54) is 18.4 Å². The summed E-state index contributed by atoms with van der Waals surface area (Å²) in [7, 11) is 0. The quantitative estimate of drug-likeness (QED) is 0.691. The lowest BCUT2D eigenvalue weighted by molar-refractivity contribution is 0.0740. The van der Waals surface area contributed by atoms with Gasteiger partial charge in [0, 0.05) is 42.6 Å². The molecule has 0 bridgehead atoms. The van der Waals surface area contributed by atoms with Crippen molar-refractivity contribution in [1.29, 1.82) is 0 Å². The molecule has 1 aromatic carbocycles. The number of hydrogen-bond acceptors (Lipinski definition) is 5. The van der Waals surface area contributed by atoms with E-state index < -0.39 is 0 Å². The molecule has 2 aromatic heterocycles. The summed E-state index contributed by atoms with van der Waals surface area (Å²) in [6, 6.07) is 12.2. The maximum atomic E-state index is 13.0. The molecule has 2 aliphatic rings. The molecule has 0 unspecified atom stereocenters. The van der Waals surface area contributed by atoms with Crippen LogP contribution in [0.1, 0.15) is 34.6 Å². The van der Waals surface area contributed by atoms with E-state index in [-0.39, 0.29) is 5.91 Å². The number of anilines is 1. The van der Waals surface area contributed by atoms with Gasteiger partial charge in [0.2, 0.25) is 0 Å². The van der Waals surface area contributed by atoms with E-state index >= 15 is 0 Å². The van der Waals surface area contributed by atoms with Crippen LogP contribution < -0.4 is 4.90 Å². The van der Waals surface area contributed by atoms with Crippen molar-refractivity contribution >= 4 is 22.5 Å². The molecule has 3 aromatic rings. The van der Waals surface area contributed by atoms with Gasteiger partial charge in [0.1, 0.15) is 5.69 Å². The third-order valence-electron chi connectivity index (χ3n) is 5.81. The Morgan fingerprint density at radius 1 is 0.929 bits per heavy atom. The molecule has 142 valence electrons. The Bertz CT molecular complexity index is 1020. The summed E-state index contributed by atoms with van der Waals surface area (Å²) in [4.78, 5) is 21.8. The number of aromatic nitrogens is 3. The molecule has 0 radical (unpaired) electrons. The van der Waals surface area contributed by atoms with Crippen molar-refractivity contribution in [2.75, 3.05) is 31.1 Å². The van der Waals surface area contributed by atoms with Gasteiger partial charge in [-0.25, -0.2) is 4.98 Å². The van der Waals surface area contributed by atoms with Gasteiger partial charge in [-0.1, -0.05) is 30.3 Å². The predicted molar refractivity (Wildman–Crippen MR) is 109 cm³/mol. The van der Waals surface area contributed by atoms with Crippen LogP contribution in [0, 0.1) is 0 Å². The normalized spacial score (nSPS) is 16.9. The molecule has 0 spiro atoms. The van der Waals surface area contributed by atoms with Crippen LogP contribution in [-0.4, -0.2) is 52.2 Å². The molecule has 28 heavy (non-hydrogen) atoms. The number of carbonyl (C=O) groups excluding carboxylic acids is 1. The van der Waals surface area contributed by atoms with Crippen molar-refractivity contribution in [3.63, 3.8) is 0 Å². The summed E-state index contributed by atoms with van der Waals surface area (Å²) in [6.45, 7) is 2.84. The largest absolute Gasteiger partial charge is 0.351 e. The zero-order chi connectivity index (χ0) is 18.9. The second-order valence-electron chi connectivity index (χ2n) is 7.54. The number of aryl methyl sites for hydroxylation is 2. The van der Waals surface area contributed by atoms with Gasteiger partial charge >= 0.3 is 0 Å². The Morgan fingerprint density at radius 3 is 2.64 bits per heavy atom. The molecule has 6 heteroatoms.